The molecular weight excluding hydrogens is 480 g/mol. The van der Waals surface area contributed by atoms with E-state index in [4.69, 9.17) is 21.3 Å². The fourth-order valence-corrected chi connectivity index (χ4v) is 7.16. The third-order valence-corrected chi connectivity index (χ3v) is 9.51. The maximum atomic E-state index is 6.38. The minimum absolute atomic E-state index is 0.144. The molecule has 0 spiro atoms. The molecular formula is C23H25ClN4OS3. The monoisotopic (exact) mass is 504 g/mol. The van der Waals surface area contributed by atoms with E-state index in [-0.39, 0.29) is 5.60 Å². The summed E-state index contributed by atoms with van der Waals surface area (Å²) in [5, 5.41) is 13.0. The minimum atomic E-state index is -0.144. The molecule has 3 aromatic heterocycles. The topological polar surface area (TPSA) is 52.3 Å². The number of thiophene rings is 1. The van der Waals surface area contributed by atoms with Gasteiger partial charge in [0.15, 0.2) is 16.0 Å². The van der Waals surface area contributed by atoms with Gasteiger partial charge in [-0.2, -0.15) is 0 Å². The third kappa shape index (κ3) is 4.05. The van der Waals surface area contributed by atoms with Gasteiger partial charge in [0.25, 0.3) is 0 Å². The molecule has 1 aliphatic heterocycles. The molecule has 0 bridgehead atoms. The molecule has 4 aromatic rings. The highest BCUT2D eigenvalue weighted by molar-refractivity contribution is 7.99. The summed E-state index contributed by atoms with van der Waals surface area (Å²) in [7, 11) is 0. The highest BCUT2D eigenvalue weighted by Gasteiger charge is 2.33. The smallest absolute Gasteiger partial charge is 0.198 e. The fourth-order valence-electron chi connectivity index (χ4n) is 3.89. The van der Waals surface area contributed by atoms with E-state index in [2.05, 4.69) is 41.4 Å². The van der Waals surface area contributed by atoms with Gasteiger partial charge in [-0.25, -0.2) is 9.38 Å². The summed E-state index contributed by atoms with van der Waals surface area (Å²) in [6.45, 7) is 7.22. The van der Waals surface area contributed by atoms with Crippen LogP contribution in [-0.4, -0.2) is 30.9 Å². The Labute approximate surface area is 205 Å². The van der Waals surface area contributed by atoms with Crippen LogP contribution in [0, 0.1) is 0 Å². The number of halogens is 1. The standard InChI is InChI=1S/C23H25ClN4OS3/c1-4-10-30-21-25-20-18(15-11-23(3,5-2)29-12-17(15)32-20)19-26-27-22(28(19)21)31-13-14-8-6-7-9-16(14)24/h6-9H,4-5,10-13H2,1-3H3/t23-/m0/s1. The molecule has 32 heavy (non-hydrogen) atoms. The number of benzene rings is 1. The Morgan fingerprint density at radius 3 is 2.81 bits per heavy atom. The van der Waals surface area contributed by atoms with E-state index in [0.717, 1.165) is 67.5 Å². The quantitative estimate of drug-likeness (QED) is 0.199. The van der Waals surface area contributed by atoms with Crippen molar-refractivity contribution in [3.63, 3.8) is 0 Å². The molecule has 5 rings (SSSR count). The lowest BCUT2D eigenvalue weighted by Gasteiger charge is -2.33. The van der Waals surface area contributed by atoms with Gasteiger partial charge >= 0.3 is 0 Å². The lowest BCUT2D eigenvalue weighted by atomic mass is 9.90. The number of thioether (sulfide) groups is 2. The maximum absolute atomic E-state index is 6.38. The molecule has 0 fully saturated rings. The van der Waals surface area contributed by atoms with Crippen molar-refractivity contribution in [2.75, 3.05) is 5.75 Å². The second-order valence-electron chi connectivity index (χ2n) is 8.22. The molecule has 0 N–H and O–H groups in total. The molecule has 9 heteroatoms. The lowest BCUT2D eigenvalue weighted by molar-refractivity contribution is -0.0542. The Balaban J connectivity index is 1.62. The molecule has 0 saturated heterocycles. The van der Waals surface area contributed by atoms with E-state index >= 15 is 0 Å². The molecule has 0 saturated carbocycles. The minimum Gasteiger partial charge on any atom is -0.369 e. The van der Waals surface area contributed by atoms with Crippen LogP contribution in [0.2, 0.25) is 5.02 Å². The van der Waals surface area contributed by atoms with Crippen LogP contribution in [-0.2, 0) is 23.5 Å². The average molecular weight is 505 g/mol. The van der Waals surface area contributed by atoms with E-state index in [1.807, 2.05) is 18.2 Å². The predicted molar refractivity (Wildman–Crippen MR) is 135 cm³/mol. The summed E-state index contributed by atoms with van der Waals surface area (Å²) in [4.78, 5) is 7.41. The molecule has 0 radical (unpaired) electrons. The Morgan fingerprint density at radius 2 is 2.03 bits per heavy atom. The van der Waals surface area contributed by atoms with Crippen molar-refractivity contribution in [1.29, 1.82) is 0 Å². The van der Waals surface area contributed by atoms with Gasteiger partial charge in [0.1, 0.15) is 4.83 Å². The van der Waals surface area contributed by atoms with Gasteiger partial charge in [-0.05, 0) is 37.0 Å². The summed E-state index contributed by atoms with van der Waals surface area (Å²) in [6.07, 6.45) is 2.94. The van der Waals surface area contributed by atoms with Gasteiger partial charge in [-0.3, -0.25) is 0 Å². The first kappa shape index (κ1) is 22.5. The Kier molecular flexibility index (Phi) is 6.42. The van der Waals surface area contributed by atoms with Gasteiger partial charge in [0, 0.05) is 27.8 Å². The zero-order chi connectivity index (χ0) is 22.3. The fraction of sp³-hybridized carbons (Fsp3) is 0.435. The molecule has 1 aliphatic rings. The van der Waals surface area contributed by atoms with E-state index in [1.165, 1.54) is 10.4 Å². The largest absolute Gasteiger partial charge is 0.369 e. The first-order valence-electron chi connectivity index (χ1n) is 10.9. The molecule has 0 aliphatic carbocycles. The average Bonchev–Trinajstić information content (AvgIpc) is 3.37. The number of hydrogen-bond donors (Lipinski definition) is 0. The number of fused-ring (bicyclic) bond motifs is 5. The lowest BCUT2D eigenvalue weighted by Crippen LogP contribution is -2.33. The summed E-state index contributed by atoms with van der Waals surface area (Å²) in [6, 6.07) is 7.96. The predicted octanol–water partition coefficient (Wildman–Crippen LogP) is 7.03. The molecule has 0 amide bonds. The number of aromatic nitrogens is 4. The van der Waals surface area contributed by atoms with Gasteiger partial charge in [0.2, 0.25) is 0 Å². The number of ether oxygens (including phenoxy) is 1. The summed E-state index contributed by atoms with van der Waals surface area (Å²) in [5.74, 6) is 1.74. The van der Waals surface area contributed by atoms with Crippen LogP contribution in [0.25, 0.3) is 15.9 Å². The Hall–Kier alpha value is -1.32. The third-order valence-electron chi connectivity index (χ3n) is 5.92. The van der Waals surface area contributed by atoms with Crippen molar-refractivity contribution in [2.45, 2.75) is 68.3 Å². The van der Waals surface area contributed by atoms with Crippen molar-refractivity contribution < 1.29 is 4.74 Å². The summed E-state index contributed by atoms with van der Waals surface area (Å²) in [5.41, 5.74) is 3.19. The summed E-state index contributed by atoms with van der Waals surface area (Å²) < 4.78 is 8.35. The second kappa shape index (κ2) is 9.14. The van der Waals surface area contributed by atoms with Crippen molar-refractivity contribution >= 4 is 62.3 Å². The molecule has 168 valence electrons. The van der Waals surface area contributed by atoms with E-state index in [9.17, 15) is 0 Å². The Morgan fingerprint density at radius 1 is 1.19 bits per heavy atom. The zero-order valence-corrected chi connectivity index (χ0v) is 21.6. The van der Waals surface area contributed by atoms with Gasteiger partial charge in [-0.1, -0.05) is 67.2 Å². The zero-order valence-electron chi connectivity index (χ0n) is 18.4. The van der Waals surface area contributed by atoms with Crippen LogP contribution in [0.5, 0.6) is 0 Å². The highest BCUT2D eigenvalue weighted by atomic mass is 35.5. The van der Waals surface area contributed by atoms with Gasteiger partial charge in [0.05, 0.1) is 17.6 Å². The van der Waals surface area contributed by atoms with Crippen LogP contribution >= 0.6 is 46.5 Å². The maximum Gasteiger partial charge on any atom is 0.198 e. The molecule has 1 aromatic carbocycles. The SMILES string of the molecule is CCCSc1nc2sc3c(c2c2nnc(SCc4ccccc4Cl)n12)C[C@](C)(CC)OC3. The normalized spacial score (nSPS) is 18.5. The number of hydrogen-bond acceptors (Lipinski definition) is 7. The van der Waals surface area contributed by atoms with Crippen molar-refractivity contribution in [3.05, 3.63) is 45.3 Å². The molecule has 1 atom stereocenters. The molecule has 0 unspecified atom stereocenters. The second-order valence-corrected chi connectivity index (χ2v) is 11.7. The molecule has 4 heterocycles. The first-order chi connectivity index (χ1) is 15.5. The number of rotatable bonds is 7. The highest BCUT2D eigenvalue weighted by Crippen LogP contribution is 2.42. The first-order valence-corrected chi connectivity index (χ1v) is 14.0. The van der Waals surface area contributed by atoms with Crippen LogP contribution in [0.4, 0.5) is 0 Å². The Bertz CT molecular complexity index is 1290. The van der Waals surface area contributed by atoms with Crippen LogP contribution in [0.1, 0.15) is 49.6 Å². The van der Waals surface area contributed by atoms with E-state index < -0.39 is 0 Å². The van der Waals surface area contributed by atoms with Crippen molar-refractivity contribution in [2.24, 2.45) is 0 Å². The van der Waals surface area contributed by atoms with E-state index in [1.54, 1.807) is 34.9 Å². The summed E-state index contributed by atoms with van der Waals surface area (Å²) >= 11 is 11.5. The van der Waals surface area contributed by atoms with Crippen LogP contribution in [0.3, 0.4) is 0 Å². The van der Waals surface area contributed by atoms with Crippen LogP contribution < -0.4 is 0 Å². The van der Waals surface area contributed by atoms with E-state index in [0.29, 0.717) is 6.61 Å². The van der Waals surface area contributed by atoms with Gasteiger partial charge < -0.3 is 4.74 Å². The van der Waals surface area contributed by atoms with Crippen molar-refractivity contribution in [1.82, 2.24) is 19.6 Å². The van der Waals surface area contributed by atoms with Crippen molar-refractivity contribution in [3.8, 4) is 0 Å². The number of nitrogens with zero attached hydrogens (tertiary/aromatic N) is 4. The van der Waals surface area contributed by atoms with Gasteiger partial charge in [-0.15, -0.1) is 21.5 Å². The molecule has 5 nitrogen and oxygen atoms in total. The van der Waals surface area contributed by atoms with Crippen LogP contribution in [0.15, 0.2) is 34.6 Å².